The molecule has 1 heterocycles. The van der Waals surface area contributed by atoms with Crippen LogP contribution in [0.3, 0.4) is 0 Å². The number of nitrogens with one attached hydrogen (secondary N) is 2. The Labute approximate surface area is 142 Å². The Kier molecular flexibility index (Phi) is 4.76. The van der Waals surface area contributed by atoms with Gasteiger partial charge in [0, 0.05) is 0 Å². The predicted octanol–water partition coefficient (Wildman–Crippen LogP) is 3.41. The molecule has 0 spiro atoms. The van der Waals surface area contributed by atoms with Crippen molar-refractivity contribution < 1.29 is 8.78 Å². The number of halogens is 2. The first-order chi connectivity index (χ1) is 11.6. The molecule has 0 aliphatic rings. The van der Waals surface area contributed by atoms with Crippen molar-refractivity contribution in [1.29, 1.82) is 0 Å². The summed E-state index contributed by atoms with van der Waals surface area (Å²) in [4.78, 5) is 4.08. The van der Waals surface area contributed by atoms with E-state index >= 15 is 0 Å². The highest BCUT2D eigenvalue weighted by atomic mass is 32.1. The smallest absolute Gasteiger partial charge is 0.248 e. The van der Waals surface area contributed by atoms with Crippen LogP contribution in [-0.2, 0) is 6.54 Å². The third-order valence-electron chi connectivity index (χ3n) is 3.14. The standard InChI is InChI=1S/C16H13F2N5S/c17-12-7-5-11(6-8-12)9-23-10-19-15(22-23)21-16(24)20-14-4-2-1-3-13(14)18/h1-8,10H,9H2,(H2,20,21,22,24). The van der Waals surface area contributed by atoms with Gasteiger partial charge in [0.2, 0.25) is 5.95 Å². The van der Waals surface area contributed by atoms with Crippen LogP contribution in [-0.4, -0.2) is 19.9 Å². The predicted molar refractivity (Wildman–Crippen MR) is 91.8 cm³/mol. The number of hydrogen-bond acceptors (Lipinski definition) is 3. The van der Waals surface area contributed by atoms with Crippen molar-refractivity contribution in [3.63, 3.8) is 0 Å². The number of hydrogen-bond donors (Lipinski definition) is 2. The Balaban J connectivity index is 1.60. The minimum Gasteiger partial charge on any atom is -0.330 e. The first kappa shape index (κ1) is 16.0. The van der Waals surface area contributed by atoms with E-state index in [1.54, 1.807) is 35.0 Å². The molecule has 0 bridgehead atoms. The van der Waals surface area contributed by atoms with E-state index in [2.05, 4.69) is 20.7 Å². The highest BCUT2D eigenvalue weighted by molar-refractivity contribution is 7.80. The Morgan fingerprint density at radius 1 is 1.04 bits per heavy atom. The monoisotopic (exact) mass is 345 g/mol. The summed E-state index contributed by atoms with van der Waals surface area (Å²) in [5, 5.41) is 9.91. The lowest BCUT2D eigenvalue weighted by Gasteiger charge is -2.08. The lowest BCUT2D eigenvalue weighted by Crippen LogP contribution is -2.20. The second-order valence-corrected chi connectivity index (χ2v) is 5.36. The molecule has 0 aliphatic heterocycles. The average molecular weight is 345 g/mol. The number of nitrogens with zero attached hydrogens (tertiary/aromatic N) is 3. The van der Waals surface area contributed by atoms with Crippen molar-refractivity contribution in [3.05, 3.63) is 72.1 Å². The Hall–Kier alpha value is -2.87. The highest BCUT2D eigenvalue weighted by Crippen LogP contribution is 2.13. The van der Waals surface area contributed by atoms with Crippen LogP contribution < -0.4 is 10.6 Å². The maximum atomic E-state index is 13.6. The number of benzene rings is 2. The van der Waals surface area contributed by atoms with Crippen LogP contribution in [0.15, 0.2) is 54.9 Å². The van der Waals surface area contributed by atoms with Crippen molar-refractivity contribution >= 4 is 29.0 Å². The minimum absolute atomic E-state index is 0.180. The van der Waals surface area contributed by atoms with E-state index in [4.69, 9.17) is 12.2 Å². The van der Waals surface area contributed by atoms with Crippen LogP contribution >= 0.6 is 12.2 Å². The molecule has 2 N–H and O–H groups in total. The number of anilines is 2. The second kappa shape index (κ2) is 7.14. The molecule has 0 aliphatic carbocycles. The molecule has 8 heteroatoms. The maximum absolute atomic E-state index is 13.6. The molecule has 1 aromatic heterocycles. The summed E-state index contributed by atoms with van der Waals surface area (Å²) in [7, 11) is 0. The van der Waals surface area contributed by atoms with Gasteiger partial charge < -0.3 is 5.32 Å². The molecule has 0 saturated carbocycles. The number of thiocarbonyl (C=S) groups is 1. The number of para-hydroxylation sites is 1. The van der Waals surface area contributed by atoms with Crippen molar-refractivity contribution in [1.82, 2.24) is 14.8 Å². The van der Waals surface area contributed by atoms with E-state index in [1.165, 1.54) is 24.5 Å². The fourth-order valence-electron chi connectivity index (χ4n) is 2.02. The summed E-state index contributed by atoms with van der Waals surface area (Å²) in [6.07, 6.45) is 1.53. The zero-order valence-corrected chi connectivity index (χ0v) is 13.2. The molecule has 0 atom stereocenters. The summed E-state index contributed by atoms with van der Waals surface area (Å²) in [5.74, 6) is -0.410. The quantitative estimate of drug-likeness (QED) is 0.710. The Morgan fingerprint density at radius 3 is 2.54 bits per heavy atom. The SMILES string of the molecule is Fc1ccc(Cn2cnc(NC(=S)Nc3ccccc3F)n2)cc1. The summed E-state index contributed by atoms with van der Waals surface area (Å²) in [5.41, 5.74) is 1.15. The topological polar surface area (TPSA) is 54.8 Å². The van der Waals surface area contributed by atoms with Crippen LogP contribution in [0, 0.1) is 11.6 Å². The van der Waals surface area contributed by atoms with Gasteiger partial charge in [-0.3, -0.25) is 5.32 Å². The van der Waals surface area contributed by atoms with Crippen LogP contribution in [0.1, 0.15) is 5.56 Å². The second-order valence-electron chi connectivity index (χ2n) is 4.95. The third-order valence-corrected chi connectivity index (χ3v) is 3.35. The number of rotatable bonds is 4. The van der Waals surface area contributed by atoms with Crippen molar-refractivity contribution in [2.45, 2.75) is 6.54 Å². The molecule has 0 saturated heterocycles. The van der Waals surface area contributed by atoms with Gasteiger partial charge >= 0.3 is 0 Å². The average Bonchev–Trinajstić information content (AvgIpc) is 2.99. The Morgan fingerprint density at radius 2 is 1.79 bits per heavy atom. The molecule has 0 fully saturated rings. The van der Waals surface area contributed by atoms with E-state index in [-0.39, 0.29) is 22.6 Å². The summed E-state index contributed by atoms with van der Waals surface area (Å²) in [6.45, 7) is 0.447. The molecular formula is C16H13F2N5S. The lowest BCUT2D eigenvalue weighted by molar-refractivity contribution is 0.624. The molecule has 3 aromatic rings. The summed E-state index contributed by atoms with van der Waals surface area (Å²) in [6, 6.07) is 12.3. The molecule has 0 unspecified atom stereocenters. The first-order valence-corrected chi connectivity index (χ1v) is 7.47. The molecule has 3 rings (SSSR count). The van der Waals surface area contributed by atoms with E-state index in [1.807, 2.05) is 0 Å². The van der Waals surface area contributed by atoms with E-state index in [9.17, 15) is 8.78 Å². The molecule has 5 nitrogen and oxygen atoms in total. The summed E-state index contributed by atoms with van der Waals surface area (Å²) >= 11 is 5.11. The van der Waals surface area contributed by atoms with Gasteiger partial charge in [0.15, 0.2) is 5.11 Å². The van der Waals surface area contributed by atoms with Gasteiger partial charge in [-0.1, -0.05) is 24.3 Å². The Bertz CT molecular complexity index is 848. The molecule has 0 amide bonds. The molecule has 0 radical (unpaired) electrons. The van der Waals surface area contributed by atoms with Gasteiger partial charge in [-0.05, 0) is 42.0 Å². The van der Waals surface area contributed by atoms with Crippen molar-refractivity contribution in [2.24, 2.45) is 0 Å². The van der Waals surface area contributed by atoms with Gasteiger partial charge in [-0.15, -0.1) is 5.10 Å². The van der Waals surface area contributed by atoms with E-state index in [0.717, 1.165) is 5.56 Å². The van der Waals surface area contributed by atoms with Crippen LogP contribution in [0.4, 0.5) is 20.4 Å². The maximum Gasteiger partial charge on any atom is 0.248 e. The fraction of sp³-hybridized carbons (Fsp3) is 0.0625. The zero-order chi connectivity index (χ0) is 16.9. The molecule has 24 heavy (non-hydrogen) atoms. The molecule has 2 aromatic carbocycles. The van der Waals surface area contributed by atoms with E-state index < -0.39 is 5.82 Å². The van der Waals surface area contributed by atoms with E-state index in [0.29, 0.717) is 6.54 Å². The van der Waals surface area contributed by atoms with Crippen LogP contribution in [0.5, 0.6) is 0 Å². The van der Waals surface area contributed by atoms with Gasteiger partial charge in [-0.25, -0.2) is 18.4 Å². The summed E-state index contributed by atoms with van der Waals surface area (Å²) < 4.78 is 28.0. The normalized spacial score (nSPS) is 10.4. The van der Waals surface area contributed by atoms with Crippen molar-refractivity contribution in [3.8, 4) is 0 Å². The molecular weight excluding hydrogens is 332 g/mol. The van der Waals surface area contributed by atoms with Gasteiger partial charge in [0.1, 0.15) is 18.0 Å². The third kappa shape index (κ3) is 4.11. The van der Waals surface area contributed by atoms with Gasteiger partial charge in [0.05, 0.1) is 12.2 Å². The van der Waals surface area contributed by atoms with Gasteiger partial charge in [0.25, 0.3) is 0 Å². The fourth-order valence-corrected chi connectivity index (χ4v) is 2.22. The zero-order valence-electron chi connectivity index (χ0n) is 12.4. The van der Waals surface area contributed by atoms with Crippen molar-refractivity contribution in [2.75, 3.05) is 10.6 Å². The lowest BCUT2D eigenvalue weighted by atomic mass is 10.2. The first-order valence-electron chi connectivity index (χ1n) is 7.06. The largest absolute Gasteiger partial charge is 0.330 e. The highest BCUT2D eigenvalue weighted by Gasteiger charge is 2.06. The minimum atomic E-state index is -0.406. The molecule has 122 valence electrons. The van der Waals surface area contributed by atoms with Gasteiger partial charge in [-0.2, -0.15) is 0 Å². The van der Waals surface area contributed by atoms with Crippen LogP contribution in [0.2, 0.25) is 0 Å². The number of aromatic nitrogens is 3. The van der Waals surface area contributed by atoms with Crippen LogP contribution in [0.25, 0.3) is 0 Å².